The number of ether oxygens (including phenoxy) is 2. The molecule has 1 fully saturated rings. The fourth-order valence-electron chi connectivity index (χ4n) is 3.96. The maximum atomic E-state index is 5.49. The molecule has 1 saturated heterocycles. The summed E-state index contributed by atoms with van der Waals surface area (Å²) in [6, 6.07) is 8.80. The average Bonchev–Trinajstić information content (AvgIpc) is 2.97. The Kier molecular flexibility index (Phi) is 4.36. The van der Waals surface area contributed by atoms with Crippen LogP contribution in [0.2, 0.25) is 0 Å². The second-order valence-electron chi connectivity index (χ2n) is 6.81. The van der Waals surface area contributed by atoms with Crippen LogP contribution in [0.5, 0.6) is 5.75 Å². The van der Waals surface area contributed by atoms with Crippen molar-refractivity contribution in [1.29, 1.82) is 0 Å². The number of hydrogen-bond acceptors (Lipinski definition) is 4. The summed E-state index contributed by atoms with van der Waals surface area (Å²) in [6.45, 7) is 9.05. The van der Waals surface area contributed by atoms with Gasteiger partial charge in [0.1, 0.15) is 38.6 Å². The van der Waals surface area contributed by atoms with E-state index in [4.69, 9.17) is 9.47 Å². The number of hydrogen-bond donors (Lipinski definition) is 0. The first-order chi connectivity index (χ1) is 12.2. The lowest BCUT2D eigenvalue weighted by Gasteiger charge is -2.22. The third kappa shape index (κ3) is 2.87. The van der Waals surface area contributed by atoms with Gasteiger partial charge in [-0.25, -0.2) is 0 Å². The number of aromatic nitrogens is 2. The quantitative estimate of drug-likeness (QED) is 0.685. The van der Waals surface area contributed by atoms with Crippen LogP contribution in [-0.4, -0.2) is 49.5 Å². The molecule has 5 nitrogen and oxygen atoms in total. The minimum atomic E-state index is 0.341. The third-order valence-corrected chi connectivity index (χ3v) is 5.17. The Balaban J connectivity index is 1.86. The zero-order valence-electron chi connectivity index (χ0n) is 15.2. The molecular weight excluding hydrogens is 314 g/mol. The van der Waals surface area contributed by atoms with Crippen LogP contribution in [0.4, 0.5) is 0 Å². The lowest BCUT2D eigenvalue weighted by molar-refractivity contribution is 0.0719. The molecule has 5 heteroatoms. The van der Waals surface area contributed by atoms with E-state index in [0.29, 0.717) is 6.04 Å². The van der Waals surface area contributed by atoms with E-state index in [1.807, 2.05) is 12.3 Å². The molecule has 1 unspecified atom stereocenters. The number of nitrogens with zero attached hydrogens (tertiary/aromatic N) is 3. The van der Waals surface area contributed by atoms with E-state index in [2.05, 4.69) is 46.5 Å². The predicted octanol–water partition coefficient (Wildman–Crippen LogP) is 3.24. The summed E-state index contributed by atoms with van der Waals surface area (Å²) >= 11 is 0. The first-order valence-corrected chi connectivity index (χ1v) is 8.92. The minimum absolute atomic E-state index is 0.341. The summed E-state index contributed by atoms with van der Waals surface area (Å²) < 4.78 is 13.4. The van der Waals surface area contributed by atoms with Gasteiger partial charge >= 0.3 is 0 Å². The van der Waals surface area contributed by atoms with Crippen molar-refractivity contribution in [3.8, 4) is 5.75 Å². The van der Waals surface area contributed by atoms with Crippen molar-refractivity contribution in [1.82, 2.24) is 14.5 Å². The molecule has 1 aliphatic rings. The fraction of sp³-hybridized carbons (Fsp3) is 0.450. The maximum absolute atomic E-state index is 5.49. The van der Waals surface area contributed by atoms with Gasteiger partial charge in [-0.15, -0.1) is 0 Å². The van der Waals surface area contributed by atoms with E-state index < -0.39 is 0 Å². The van der Waals surface area contributed by atoms with Crippen molar-refractivity contribution in [3.63, 3.8) is 0 Å². The van der Waals surface area contributed by atoms with Crippen LogP contribution in [0.25, 0.3) is 21.8 Å². The Morgan fingerprint density at radius 1 is 1.24 bits per heavy atom. The maximum Gasteiger partial charge on any atom is 0.146 e. The second-order valence-corrected chi connectivity index (χ2v) is 6.81. The molecular formula is C20H25N3O2+. The summed E-state index contributed by atoms with van der Waals surface area (Å²) in [5.74, 6) is 0.890. The molecule has 0 amide bonds. The normalized spacial score (nSPS) is 17.2. The van der Waals surface area contributed by atoms with Gasteiger partial charge in [-0.05, 0) is 32.0 Å². The van der Waals surface area contributed by atoms with Crippen molar-refractivity contribution in [2.75, 3.05) is 40.0 Å². The molecule has 0 saturated carbocycles. The van der Waals surface area contributed by atoms with Crippen LogP contribution >= 0.6 is 0 Å². The monoisotopic (exact) mass is 339 g/mol. The van der Waals surface area contributed by atoms with Gasteiger partial charge in [-0.1, -0.05) is 0 Å². The topological polar surface area (TPSA) is 42.2 Å². The molecule has 4 rings (SSSR count). The van der Waals surface area contributed by atoms with Gasteiger partial charge < -0.3 is 14.0 Å². The van der Waals surface area contributed by atoms with E-state index in [9.17, 15) is 0 Å². The Labute approximate surface area is 148 Å². The van der Waals surface area contributed by atoms with Gasteiger partial charge in [0.2, 0.25) is 0 Å². The molecule has 2 aromatic heterocycles. The van der Waals surface area contributed by atoms with Crippen molar-refractivity contribution < 1.29 is 9.47 Å². The molecule has 1 radical (unpaired) electrons. The van der Waals surface area contributed by atoms with Crippen molar-refractivity contribution >= 4 is 21.8 Å². The summed E-state index contributed by atoms with van der Waals surface area (Å²) in [5, 5.41) is 2.52. The molecule has 3 aromatic rings. The Bertz CT molecular complexity index is 897. The Hall–Kier alpha value is -2.11. The van der Waals surface area contributed by atoms with Gasteiger partial charge in [0.05, 0.1) is 29.9 Å². The smallest absolute Gasteiger partial charge is 0.146 e. The van der Waals surface area contributed by atoms with Crippen molar-refractivity contribution in [2.24, 2.45) is 0 Å². The summed E-state index contributed by atoms with van der Waals surface area (Å²) in [6.07, 6.45) is 1.90. The van der Waals surface area contributed by atoms with Crippen LogP contribution in [-0.2, 0) is 4.74 Å². The average molecular weight is 339 g/mol. The number of pyridine rings is 1. The van der Waals surface area contributed by atoms with Crippen LogP contribution in [0.1, 0.15) is 18.7 Å². The summed E-state index contributed by atoms with van der Waals surface area (Å²) in [5.41, 5.74) is 3.51. The van der Waals surface area contributed by atoms with Gasteiger partial charge in [-0.3, -0.25) is 4.98 Å². The Morgan fingerprint density at radius 3 is 2.80 bits per heavy atom. The third-order valence-electron chi connectivity index (χ3n) is 5.17. The highest BCUT2D eigenvalue weighted by Crippen LogP contribution is 2.35. The summed E-state index contributed by atoms with van der Waals surface area (Å²) in [4.78, 5) is 7.03. The van der Waals surface area contributed by atoms with Crippen LogP contribution in [0, 0.1) is 6.92 Å². The lowest BCUT2D eigenvalue weighted by atomic mass is 10.1. The molecule has 131 valence electrons. The van der Waals surface area contributed by atoms with Gasteiger partial charge in [0.25, 0.3) is 0 Å². The van der Waals surface area contributed by atoms with Crippen molar-refractivity contribution in [3.05, 3.63) is 36.2 Å². The zero-order valence-corrected chi connectivity index (χ0v) is 15.2. The number of morpholine rings is 1. The molecule has 1 aromatic carbocycles. The largest absolute Gasteiger partial charge is 0.497 e. The molecule has 0 bridgehead atoms. The standard InChI is InChI=1S/C20H25N3O2/c1-14(13-22-8-10-25-11-9-22)23-19-12-16(24-3)4-5-17(19)18-6-7-21-15(2)20(18)23/h4-7,12,14H,8-11,13H2,1-3H3/q+1. The molecule has 25 heavy (non-hydrogen) atoms. The van der Waals surface area contributed by atoms with Crippen LogP contribution < -0.4 is 9.64 Å². The van der Waals surface area contributed by atoms with Gasteiger partial charge in [0.15, 0.2) is 0 Å². The second kappa shape index (κ2) is 6.65. The minimum Gasteiger partial charge on any atom is -0.497 e. The van der Waals surface area contributed by atoms with Gasteiger partial charge in [-0.2, -0.15) is 4.90 Å². The SMILES string of the molecule is COc1ccc2c3ccnc(C)c3n(C(C)C[N+]3CCOCC3)c2c1. The number of rotatable bonds is 4. The first kappa shape index (κ1) is 16.4. The highest BCUT2D eigenvalue weighted by atomic mass is 16.5. The van der Waals surface area contributed by atoms with Crippen LogP contribution in [0.3, 0.4) is 0 Å². The lowest BCUT2D eigenvalue weighted by Crippen LogP contribution is -2.44. The molecule has 0 N–H and O–H groups in total. The first-order valence-electron chi connectivity index (χ1n) is 8.92. The highest BCUT2D eigenvalue weighted by molar-refractivity contribution is 6.09. The summed E-state index contributed by atoms with van der Waals surface area (Å²) in [7, 11) is 1.72. The number of aryl methyl sites for hydroxylation is 1. The van der Waals surface area contributed by atoms with E-state index in [1.54, 1.807) is 7.11 Å². The number of fused-ring (bicyclic) bond motifs is 3. The number of methoxy groups -OCH3 is 1. The predicted molar refractivity (Wildman–Crippen MR) is 101 cm³/mol. The molecule has 0 spiro atoms. The van der Waals surface area contributed by atoms with E-state index in [1.165, 1.54) is 21.8 Å². The highest BCUT2D eigenvalue weighted by Gasteiger charge is 2.26. The van der Waals surface area contributed by atoms with E-state index in [0.717, 1.165) is 44.3 Å². The van der Waals surface area contributed by atoms with E-state index >= 15 is 0 Å². The molecule has 1 aliphatic heterocycles. The van der Waals surface area contributed by atoms with Crippen molar-refractivity contribution in [2.45, 2.75) is 19.9 Å². The number of benzene rings is 1. The molecule has 0 aliphatic carbocycles. The molecule has 1 atom stereocenters. The Morgan fingerprint density at radius 2 is 2.04 bits per heavy atom. The zero-order chi connectivity index (χ0) is 17.4. The van der Waals surface area contributed by atoms with Crippen LogP contribution in [0.15, 0.2) is 30.5 Å². The van der Waals surface area contributed by atoms with E-state index in [-0.39, 0.29) is 0 Å². The fourth-order valence-corrected chi connectivity index (χ4v) is 3.96. The molecule has 3 heterocycles. The van der Waals surface area contributed by atoms with Gasteiger partial charge in [0, 0.05) is 23.0 Å².